The molecule has 2 rings (SSSR count). The van der Waals surface area contributed by atoms with Gasteiger partial charge in [0.1, 0.15) is 5.75 Å². The second kappa shape index (κ2) is 4.06. The third-order valence-corrected chi connectivity index (χ3v) is 2.43. The first-order chi connectivity index (χ1) is 7.33. The van der Waals surface area contributed by atoms with E-state index in [2.05, 4.69) is 19.1 Å². The van der Waals surface area contributed by atoms with Gasteiger partial charge in [-0.1, -0.05) is 37.3 Å². The van der Waals surface area contributed by atoms with Crippen molar-refractivity contribution in [3.63, 3.8) is 0 Å². The van der Waals surface area contributed by atoms with Gasteiger partial charge in [-0.3, -0.25) is 0 Å². The summed E-state index contributed by atoms with van der Waals surface area (Å²) in [6.45, 7) is 2.07. The average Bonchev–Trinajstić information content (AvgIpc) is 2.29. The van der Waals surface area contributed by atoms with Crippen LogP contribution in [0.15, 0.2) is 36.4 Å². The van der Waals surface area contributed by atoms with Gasteiger partial charge in [0.15, 0.2) is 0 Å². The Morgan fingerprint density at radius 2 is 2.07 bits per heavy atom. The highest BCUT2D eigenvalue weighted by Crippen LogP contribution is 2.31. The normalized spacial score (nSPS) is 9.67. The number of aryl methyl sites for hydroxylation is 1. The number of benzene rings is 1. The number of hydrogen-bond donors (Lipinski definition) is 1. The van der Waals surface area contributed by atoms with Crippen molar-refractivity contribution in [3.05, 3.63) is 54.1 Å². The van der Waals surface area contributed by atoms with Crippen molar-refractivity contribution in [1.82, 2.24) is 0 Å². The first-order valence-corrected chi connectivity index (χ1v) is 5.02. The minimum Gasteiger partial charge on any atom is -0.507 e. The van der Waals surface area contributed by atoms with E-state index in [1.54, 1.807) is 12.1 Å². The van der Waals surface area contributed by atoms with E-state index in [9.17, 15) is 5.11 Å². The summed E-state index contributed by atoms with van der Waals surface area (Å²) in [5.41, 5.74) is 2.90. The lowest BCUT2D eigenvalue weighted by molar-refractivity contribution is 0.476. The fraction of sp³-hybridized carbons (Fsp3) is 0.143. The van der Waals surface area contributed by atoms with Crippen LogP contribution < -0.4 is 0 Å². The Balaban J connectivity index is 2.61. The molecular formula is C14H12O. The van der Waals surface area contributed by atoms with Crippen molar-refractivity contribution in [2.24, 2.45) is 0 Å². The molecule has 0 amide bonds. The van der Waals surface area contributed by atoms with Gasteiger partial charge >= 0.3 is 0 Å². The maximum atomic E-state index is 9.84. The largest absolute Gasteiger partial charge is 0.507 e. The van der Waals surface area contributed by atoms with E-state index in [-0.39, 0.29) is 0 Å². The van der Waals surface area contributed by atoms with Crippen LogP contribution in [0.4, 0.5) is 0 Å². The van der Waals surface area contributed by atoms with Crippen molar-refractivity contribution in [1.29, 1.82) is 0 Å². The lowest BCUT2D eigenvalue weighted by Crippen LogP contribution is -1.87. The number of phenolic OH excluding ortho intramolecular Hbond substituents is 1. The summed E-state index contributed by atoms with van der Waals surface area (Å²) in [7, 11) is 0. The molecule has 0 saturated carbocycles. The fourth-order valence-electron chi connectivity index (χ4n) is 1.69. The van der Waals surface area contributed by atoms with Gasteiger partial charge in [0.05, 0.1) is 0 Å². The molecule has 2 aromatic rings. The Kier molecular flexibility index (Phi) is 2.60. The average molecular weight is 196 g/mol. The highest BCUT2D eigenvalue weighted by molar-refractivity contribution is 5.72. The van der Waals surface area contributed by atoms with Gasteiger partial charge in [-0.2, -0.15) is 0 Å². The molecule has 0 unspecified atom stereocenters. The Bertz CT molecular complexity index is 446. The molecule has 0 bridgehead atoms. The molecule has 15 heavy (non-hydrogen) atoms. The SMILES string of the molecule is CCc1cccc(O)c1-c1c#cccc1. The van der Waals surface area contributed by atoms with Crippen LogP contribution in [0.5, 0.6) is 5.75 Å². The Labute approximate surface area is 90.0 Å². The second-order valence-electron chi connectivity index (χ2n) is 3.37. The quantitative estimate of drug-likeness (QED) is 0.781. The predicted octanol–water partition coefficient (Wildman–Crippen LogP) is 3.22. The fourth-order valence-corrected chi connectivity index (χ4v) is 1.69. The smallest absolute Gasteiger partial charge is 0.124 e. The minimum atomic E-state index is 0.310. The third-order valence-electron chi connectivity index (χ3n) is 2.43. The summed E-state index contributed by atoms with van der Waals surface area (Å²) in [5, 5.41) is 9.84. The summed E-state index contributed by atoms with van der Waals surface area (Å²) >= 11 is 0. The lowest BCUT2D eigenvalue weighted by Gasteiger charge is -2.08. The molecule has 1 nitrogen and oxygen atoms in total. The summed E-state index contributed by atoms with van der Waals surface area (Å²) in [6, 6.07) is 17.1. The zero-order chi connectivity index (χ0) is 10.7. The van der Waals surface area contributed by atoms with Crippen LogP contribution in [0.1, 0.15) is 12.5 Å². The molecule has 0 heterocycles. The zero-order valence-corrected chi connectivity index (χ0v) is 8.62. The highest BCUT2D eigenvalue weighted by Gasteiger charge is 2.07. The molecule has 0 radical (unpaired) electrons. The van der Waals surface area contributed by atoms with Crippen molar-refractivity contribution in [2.75, 3.05) is 0 Å². The number of phenols is 1. The van der Waals surface area contributed by atoms with Crippen LogP contribution in [-0.2, 0) is 6.42 Å². The van der Waals surface area contributed by atoms with Crippen molar-refractivity contribution in [3.8, 4) is 16.9 Å². The van der Waals surface area contributed by atoms with Gasteiger partial charge < -0.3 is 5.11 Å². The van der Waals surface area contributed by atoms with Gasteiger partial charge in [-0.15, -0.1) is 0 Å². The molecule has 0 aliphatic carbocycles. The number of rotatable bonds is 2. The first-order valence-electron chi connectivity index (χ1n) is 5.02. The third kappa shape index (κ3) is 1.80. The number of aromatic hydroxyl groups is 1. The Morgan fingerprint density at radius 3 is 2.73 bits per heavy atom. The summed E-state index contributed by atoms with van der Waals surface area (Å²) in [5.74, 6) is 0.310. The molecule has 0 saturated heterocycles. The molecule has 0 spiro atoms. The van der Waals surface area contributed by atoms with Crippen LogP contribution >= 0.6 is 0 Å². The molecular weight excluding hydrogens is 184 g/mol. The van der Waals surface area contributed by atoms with E-state index in [0.717, 1.165) is 23.1 Å². The van der Waals surface area contributed by atoms with E-state index in [0.29, 0.717) is 5.75 Å². The Morgan fingerprint density at radius 1 is 1.20 bits per heavy atom. The molecule has 2 aromatic carbocycles. The molecule has 0 atom stereocenters. The maximum absolute atomic E-state index is 9.84. The zero-order valence-electron chi connectivity index (χ0n) is 8.62. The van der Waals surface area contributed by atoms with Crippen molar-refractivity contribution < 1.29 is 5.11 Å². The van der Waals surface area contributed by atoms with E-state index < -0.39 is 0 Å². The topological polar surface area (TPSA) is 20.2 Å². The highest BCUT2D eigenvalue weighted by atomic mass is 16.3. The summed E-state index contributed by atoms with van der Waals surface area (Å²) in [4.78, 5) is 0. The monoisotopic (exact) mass is 196 g/mol. The van der Waals surface area contributed by atoms with E-state index in [4.69, 9.17) is 0 Å². The van der Waals surface area contributed by atoms with Gasteiger partial charge in [0.2, 0.25) is 0 Å². The van der Waals surface area contributed by atoms with E-state index in [1.165, 1.54) is 0 Å². The molecule has 1 N–H and O–H groups in total. The maximum Gasteiger partial charge on any atom is 0.124 e. The van der Waals surface area contributed by atoms with E-state index in [1.807, 2.05) is 24.3 Å². The molecule has 74 valence electrons. The predicted molar refractivity (Wildman–Crippen MR) is 60.6 cm³/mol. The van der Waals surface area contributed by atoms with Crippen LogP contribution in [-0.4, -0.2) is 5.11 Å². The standard InChI is InChI=1S/C14H12O/c1-2-11-9-6-10-13(15)14(11)12-7-4-3-5-8-12/h3-4,6-7,9-10,15H,2H2,1H3. The number of hydrogen-bond acceptors (Lipinski definition) is 1. The first kappa shape index (κ1) is 9.61. The van der Waals surface area contributed by atoms with Crippen LogP contribution in [0, 0.1) is 12.1 Å². The van der Waals surface area contributed by atoms with E-state index >= 15 is 0 Å². The molecule has 0 aliphatic rings. The van der Waals surface area contributed by atoms with Gasteiger partial charge in [-0.25, -0.2) is 0 Å². The molecule has 0 aliphatic heterocycles. The minimum absolute atomic E-state index is 0.310. The van der Waals surface area contributed by atoms with Gasteiger partial charge in [-0.05, 0) is 30.2 Å². The van der Waals surface area contributed by atoms with Gasteiger partial charge in [0.25, 0.3) is 0 Å². The summed E-state index contributed by atoms with van der Waals surface area (Å²) < 4.78 is 0. The molecule has 1 heteroatoms. The Hall–Kier alpha value is -1.94. The van der Waals surface area contributed by atoms with Crippen LogP contribution in [0.3, 0.4) is 0 Å². The van der Waals surface area contributed by atoms with Crippen LogP contribution in [0.2, 0.25) is 0 Å². The van der Waals surface area contributed by atoms with Gasteiger partial charge in [0, 0.05) is 11.1 Å². The van der Waals surface area contributed by atoms with Crippen molar-refractivity contribution >= 4 is 0 Å². The lowest BCUT2D eigenvalue weighted by atomic mass is 9.98. The van der Waals surface area contributed by atoms with Crippen molar-refractivity contribution in [2.45, 2.75) is 13.3 Å². The summed E-state index contributed by atoms with van der Waals surface area (Å²) in [6.07, 6.45) is 0.895. The second-order valence-corrected chi connectivity index (χ2v) is 3.37. The molecule has 0 aromatic heterocycles. The molecule has 0 fully saturated rings. The van der Waals surface area contributed by atoms with Crippen LogP contribution in [0.25, 0.3) is 11.1 Å².